The minimum atomic E-state index is -1.04. The molecular weight excluding hydrogens is 570 g/mol. The Balaban J connectivity index is 1.20. The summed E-state index contributed by atoms with van der Waals surface area (Å²) in [6, 6.07) is 2.69. The second kappa shape index (κ2) is 12.3. The molecule has 2 atom stereocenters. The lowest BCUT2D eigenvalue weighted by molar-refractivity contribution is -0.132. The molecule has 2 saturated heterocycles. The number of hydrogen-bond acceptors (Lipinski definition) is 9. The van der Waals surface area contributed by atoms with Gasteiger partial charge in [-0.1, -0.05) is 6.08 Å². The van der Waals surface area contributed by atoms with Crippen LogP contribution < -0.4 is 20.4 Å². The van der Waals surface area contributed by atoms with Crippen molar-refractivity contribution in [1.82, 2.24) is 30.1 Å². The summed E-state index contributed by atoms with van der Waals surface area (Å²) in [5.41, 5.74) is 0.191. The smallest absolute Gasteiger partial charge is 0.414 e. The van der Waals surface area contributed by atoms with Crippen molar-refractivity contribution in [2.24, 2.45) is 0 Å². The number of piperazine rings is 1. The Morgan fingerprint density at radius 2 is 1.93 bits per heavy atom. The second-order valence-electron chi connectivity index (χ2n) is 9.69. The van der Waals surface area contributed by atoms with Crippen LogP contribution in [0.5, 0.6) is 0 Å². The number of halogens is 2. The summed E-state index contributed by atoms with van der Waals surface area (Å²) in [6.07, 6.45) is 3.57. The molecule has 5 rings (SSSR count). The number of fused-ring (bicyclic) bond motifs is 1. The van der Waals surface area contributed by atoms with E-state index in [0.717, 1.165) is 17.0 Å². The Bertz CT molecular complexity index is 1550. The molecule has 2 aliphatic heterocycles. The number of alkyl carbamates (subject to hydrolysis) is 1. The third-order valence-electron chi connectivity index (χ3n) is 7.07. The number of aromatic nitrogens is 3. The van der Waals surface area contributed by atoms with Gasteiger partial charge in [-0.05, 0) is 6.07 Å². The molecule has 0 bridgehead atoms. The van der Waals surface area contributed by atoms with Gasteiger partial charge < -0.3 is 29.9 Å². The van der Waals surface area contributed by atoms with E-state index < -0.39 is 47.8 Å². The molecule has 16 heteroatoms. The van der Waals surface area contributed by atoms with Gasteiger partial charge in [0.25, 0.3) is 5.91 Å². The maximum atomic E-state index is 15.2. The summed E-state index contributed by atoms with van der Waals surface area (Å²) in [6.45, 7) is 4.09. The number of carbonyl (C=O) groups excluding carboxylic acids is 4. The van der Waals surface area contributed by atoms with Gasteiger partial charge in [0.05, 0.1) is 32.1 Å². The van der Waals surface area contributed by atoms with Crippen molar-refractivity contribution in [2.45, 2.75) is 12.1 Å². The molecule has 1 aromatic carbocycles. The molecule has 0 aliphatic carbocycles. The zero-order valence-electron chi connectivity index (χ0n) is 23.0. The van der Waals surface area contributed by atoms with Crippen molar-refractivity contribution in [3.8, 4) is 0 Å². The standard InChI is InChI=1S/C27H28F2N8O6/c1-3-21(33-24(38)18-14-32-37-6-4-5-30-23(18)37)25(39)35-9-7-34(8-10-35)22-19(28)11-16(12-20(22)29)36-15-17(43-27(36)41)13-31-26(40)42-2/h3-6,11-12,14,17,21H,1,7-10,13,15H2,2H3,(H,31,40)(H,33,38). The molecule has 2 aliphatic rings. The highest BCUT2D eigenvalue weighted by atomic mass is 19.1. The number of nitrogens with zero attached hydrogens (tertiary/aromatic N) is 6. The van der Waals surface area contributed by atoms with Crippen LogP contribution in [0.15, 0.2) is 49.4 Å². The first-order valence-electron chi connectivity index (χ1n) is 13.2. The van der Waals surface area contributed by atoms with Crippen LogP contribution in [-0.4, -0.2) is 102 Å². The van der Waals surface area contributed by atoms with Crippen LogP contribution in [0, 0.1) is 11.6 Å². The molecular formula is C27H28F2N8O6. The first-order valence-corrected chi connectivity index (χ1v) is 13.2. The Hall–Kier alpha value is -5.28. The number of benzene rings is 1. The first kappa shape index (κ1) is 29.2. The number of rotatable bonds is 8. The van der Waals surface area contributed by atoms with E-state index >= 15 is 8.78 Å². The topological polar surface area (TPSA) is 151 Å². The van der Waals surface area contributed by atoms with Crippen LogP contribution in [0.3, 0.4) is 0 Å². The number of methoxy groups -OCH3 is 1. The fourth-order valence-electron chi connectivity index (χ4n) is 4.89. The summed E-state index contributed by atoms with van der Waals surface area (Å²) < 4.78 is 41.5. The van der Waals surface area contributed by atoms with E-state index in [0.29, 0.717) is 5.65 Å². The number of hydrogen-bond donors (Lipinski definition) is 2. The zero-order chi connectivity index (χ0) is 30.7. The third-order valence-corrected chi connectivity index (χ3v) is 7.07. The van der Waals surface area contributed by atoms with Crippen molar-refractivity contribution in [1.29, 1.82) is 0 Å². The minimum Gasteiger partial charge on any atom is -0.453 e. The predicted octanol–water partition coefficient (Wildman–Crippen LogP) is 1.32. The van der Waals surface area contributed by atoms with Gasteiger partial charge >= 0.3 is 12.2 Å². The van der Waals surface area contributed by atoms with Gasteiger partial charge in [-0.3, -0.25) is 14.5 Å². The van der Waals surface area contributed by atoms with E-state index in [-0.39, 0.29) is 56.2 Å². The summed E-state index contributed by atoms with van der Waals surface area (Å²) in [4.78, 5) is 57.8. The van der Waals surface area contributed by atoms with E-state index in [1.165, 1.54) is 39.9 Å². The van der Waals surface area contributed by atoms with Crippen molar-refractivity contribution in [3.05, 3.63) is 66.6 Å². The first-order chi connectivity index (χ1) is 20.7. The van der Waals surface area contributed by atoms with E-state index in [2.05, 4.69) is 32.0 Å². The molecule has 2 fully saturated rings. The van der Waals surface area contributed by atoms with Crippen LogP contribution in [0.4, 0.5) is 29.7 Å². The van der Waals surface area contributed by atoms with Crippen LogP contribution in [-0.2, 0) is 14.3 Å². The largest absolute Gasteiger partial charge is 0.453 e. The van der Waals surface area contributed by atoms with Crippen LogP contribution in [0.1, 0.15) is 10.4 Å². The van der Waals surface area contributed by atoms with Gasteiger partial charge in [0.15, 0.2) is 17.3 Å². The molecule has 2 aromatic heterocycles. The normalized spacial score (nSPS) is 17.4. The van der Waals surface area contributed by atoms with E-state index in [4.69, 9.17) is 4.74 Å². The highest BCUT2D eigenvalue weighted by Crippen LogP contribution is 2.31. The maximum Gasteiger partial charge on any atom is 0.414 e. The average molecular weight is 599 g/mol. The second-order valence-corrected chi connectivity index (χ2v) is 9.69. The third kappa shape index (κ3) is 6.02. The van der Waals surface area contributed by atoms with Crippen LogP contribution in [0.25, 0.3) is 5.65 Å². The van der Waals surface area contributed by atoms with E-state index in [1.54, 1.807) is 12.3 Å². The van der Waals surface area contributed by atoms with Gasteiger partial charge in [0, 0.05) is 50.7 Å². The lowest BCUT2D eigenvalue weighted by atomic mass is 10.1. The van der Waals surface area contributed by atoms with Gasteiger partial charge in [-0.15, -0.1) is 6.58 Å². The van der Waals surface area contributed by atoms with E-state index in [1.807, 2.05) is 0 Å². The minimum absolute atomic E-state index is 0.0310. The number of cyclic esters (lactones) is 1. The molecule has 14 nitrogen and oxygen atoms in total. The predicted molar refractivity (Wildman–Crippen MR) is 148 cm³/mol. The molecule has 43 heavy (non-hydrogen) atoms. The van der Waals surface area contributed by atoms with Gasteiger partial charge in [0.2, 0.25) is 5.91 Å². The average Bonchev–Trinajstić information content (AvgIpc) is 3.61. The number of nitrogens with one attached hydrogen (secondary N) is 2. The quantitative estimate of drug-likeness (QED) is 0.366. The summed E-state index contributed by atoms with van der Waals surface area (Å²) in [5.74, 6) is -2.76. The molecule has 2 N–H and O–H groups in total. The Labute approximate surface area is 243 Å². The summed E-state index contributed by atoms with van der Waals surface area (Å²) in [5, 5.41) is 9.11. The molecule has 0 spiro atoms. The summed E-state index contributed by atoms with van der Waals surface area (Å²) >= 11 is 0. The molecule has 0 radical (unpaired) electrons. The molecule has 3 aromatic rings. The van der Waals surface area contributed by atoms with Gasteiger partial charge in [-0.25, -0.2) is 27.9 Å². The van der Waals surface area contributed by atoms with Crippen LogP contribution >= 0.6 is 0 Å². The van der Waals surface area contributed by atoms with Crippen LogP contribution in [0.2, 0.25) is 0 Å². The van der Waals surface area contributed by atoms with Gasteiger partial charge in [-0.2, -0.15) is 5.10 Å². The van der Waals surface area contributed by atoms with Gasteiger partial charge in [0.1, 0.15) is 23.4 Å². The lowest BCUT2D eigenvalue weighted by Gasteiger charge is -2.37. The Kier molecular flexibility index (Phi) is 8.36. The fraction of sp³-hybridized carbons (Fsp3) is 0.333. The molecule has 226 valence electrons. The molecule has 0 saturated carbocycles. The molecule has 2 unspecified atom stereocenters. The number of ether oxygens (including phenoxy) is 2. The lowest BCUT2D eigenvalue weighted by Crippen LogP contribution is -2.54. The van der Waals surface area contributed by atoms with E-state index in [9.17, 15) is 19.2 Å². The molecule has 4 amide bonds. The highest BCUT2D eigenvalue weighted by Gasteiger charge is 2.35. The van der Waals surface area contributed by atoms with Crippen molar-refractivity contribution in [3.63, 3.8) is 0 Å². The number of carbonyl (C=O) groups is 4. The Morgan fingerprint density at radius 3 is 2.60 bits per heavy atom. The zero-order valence-corrected chi connectivity index (χ0v) is 23.0. The fourth-order valence-corrected chi connectivity index (χ4v) is 4.89. The number of amides is 4. The monoisotopic (exact) mass is 598 g/mol. The van der Waals surface area contributed by atoms with Crippen molar-refractivity contribution < 1.29 is 37.4 Å². The maximum absolute atomic E-state index is 15.2. The van der Waals surface area contributed by atoms with Crippen molar-refractivity contribution in [2.75, 3.05) is 56.2 Å². The highest BCUT2D eigenvalue weighted by molar-refractivity contribution is 6.02. The molecule has 4 heterocycles. The number of anilines is 2. The Morgan fingerprint density at radius 1 is 1.21 bits per heavy atom. The summed E-state index contributed by atoms with van der Waals surface area (Å²) in [7, 11) is 1.19. The SMILES string of the molecule is C=CC(NC(=O)c1cnn2cccnc12)C(=O)N1CCN(c2c(F)cc(N3CC(CNC(=O)OC)OC3=O)cc2F)CC1. The van der Waals surface area contributed by atoms with Crippen molar-refractivity contribution >= 4 is 41.0 Å².